The van der Waals surface area contributed by atoms with Crippen LogP contribution < -0.4 is 10.1 Å². The van der Waals surface area contributed by atoms with E-state index in [1.54, 1.807) is 6.07 Å². The van der Waals surface area contributed by atoms with Gasteiger partial charge in [-0.15, -0.1) is 13.2 Å². The van der Waals surface area contributed by atoms with Crippen molar-refractivity contribution in [3.05, 3.63) is 47.7 Å². The molecule has 1 atom stereocenters. The summed E-state index contributed by atoms with van der Waals surface area (Å²) in [5.41, 5.74) is -1.22. The Labute approximate surface area is 176 Å². The first kappa shape index (κ1) is 22.7. The number of halogens is 4. The van der Waals surface area contributed by atoms with Gasteiger partial charge in [-0.3, -0.25) is 0 Å². The number of hydrogen-bond acceptors (Lipinski definition) is 6. The smallest absolute Gasteiger partial charge is 0.406 e. The zero-order valence-corrected chi connectivity index (χ0v) is 17.6. The molecule has 31 heavy (non-hydrogen) atoms. The van der Waals surface area contributed by atoms with Crippen molar-refractivity contribution in [1.82, 2.24) is 19.6 Å². The molecule has 168 valence electrons. The summed E-state index contributed by atoms with van der Waals surface area (Å²) in [5.74, 6) is -0.976. The van der Waals surface area contributed by atoms with E-state index < -0.39 is 29.6 Å². The molecule has 0 saturated heterocycles. The van der Waals surface area contributed by atoms with Gasteiger partial charge in [-0.2, -0.15) is 14.6 Å². The van der Waals surface area contributed by atoms with Gasteiger partial charge in [0.25, 0.3) is 5.78 Å². The summed E-state index contributed by atoms with van der Waals surface area (Å²) in [6, 6.07) is 3.41. The maximum Gasteiger partial charge on any atom is 0.573 e. The van der Waals surface area contributed by atoms with Gasteiger partial charge >= 0.3 is 6.36 Å². The van der Waals surface area contributed by atoms with Crippen LogP contribution in [0, 0.1) is 5.82 Å². The Hall–Kier alpha value is -2.95. The molecular formula is C20H23F4N5O2. The quantitative estimate of drug-likeness (QED) is 0.572. The maximum absolute atomic E-state index is 14.8. The molecule has 0 aliphatic rings. The highest BCUT2D eigenvalue weighted by Gasteiger charge is 2.34. The number of fused-ring (bicyclic) bond motifs is 1. The van der Waals surface area contributed by atoms with Gasteiger partial charge < -0.3 is 15.2 Å². The lowest BCUT2D eigenvalue weighted by Gasteiger charge is -2.32. The first-order chi connectivity index (χ1) is 14.1. The molecule has 2 aromatic heterocycles. The molecule has 0 fully saturated rings. The van der Waals surface area contributed by atoms with Crippen LogP contribution in [0.25, 0.3) is 5.78 Å². The molecular weight excluding hydrogens is 418 g/mol. The summed E-state index contributed by atoms with van der Waals surface area (Å²) >= 11 is 0. The second-order valence-corrected chi connectivity index (χ2v) is 8.71. The van der Waals surface area contributed by atoms with Crippen molar-refractivity contribution in [2.24, 2.45) is 0 Å². The Bertz CT molecular complexity index is 1080. The van der Waals surface area contributed by atoms with Crippen LogP contribution in [-0.4, -0.2) is 36.7 Å². The number of benzene rings is 1. The minimum atomic E-state index is -4.94. The summed E-state index contributed by atoms with van der Waals surface area (Å²) < 4.78 is 57.3. The summed E-state index contributed by atoms with van der Waals surface area (Å²) in [6.45, 7) is 8.78. The molecule has 3 rings (SSSR count). The molecule has 0 aliphatic heterocycles. The lowest BCUT2D eigenvalue weighted by atomic mass is 9.90. The van der Waals surface area contributed by atoms with Gasteiger partial charge in [0.05, 0.1) is 17.3 Å². The number of anilines is 1. The molecule has 1 aromatic carbocycles. The van der Waals surface area contributed by atoms with Crippen molar-refractivity contribution in [3.63, 3.8) is 0 Å². The molecule has 0 radical (unpaired) electrons. The fourth-order valence-electron chi connectivity index (χ4n) is 3.02. The molecule has 7 nitrogen and oxygen atoms in total. The number of alkyl halides is 3. The Morgan fingerprint density at radius 2 is 1.77 bits per heavy atom. The van der Waals surface area contributed by atoms with E-state index in [4.69, 9.17) is 0 Å². The molecule has 0 aliphatic carbocycles. The number of ether oxygens (including phenoxy) is 1. The van der Waals surface area contributed by atoms with Gasteiger partial charge in [0.15, 0.2) is 0 Å². The van der Waals surface area contributed by atoms with E-state index in [1.165, 1.54) is 24.7 Å². The van der Waals surface area contributed by atoms with E-state index in [-0.39, 0.29) is 11.0 Å². The molecule has 0 saturated carbocycles. The largest absolute Gasteiger partial charge is 0.573 e. The number of rotatable bonds is 5. The van der Waals surface area contributed by atoms with Crippen LogP contribution in [0.15, 0.2) is 30.6 Å². The zero-order valence-electron chi connectivity index (χ0n) is 17.6. The summed E-state index contributed by atoms with van der Waals surface area (Å²) in [6.07, 6.45) is -3.64. The van der Waals surface area contributed by atoms with E-state index in [0.29, 0.717) is 23.4 Å². The Morgan fingerprint density at radius 3 is 2.32 bits per heavy atom. The van der Waals surface area contributed by atoms with Gasteiger partial charge in [-0.1, -0.05) is 26.8 Å². The fraction of sp³-hybridized carbons (Fsp3) is 0.450. The van der Waals surface area contributed by atoms with E-state index in [9.17, 15) is 22.7 Å². The monoisotopic (exact) mass is 441 g/mol. The molecule has 0 amide bonds. The third-order valence-electron chi connectivity index (χ3n) is 4.54. The van der Waals surface area contributed by atoms with E-state index >= 15 is 0 Å². The number of aliphatic hydroxyl groups is 1. The van der Waals surface area contributed by atoms with Crippen molar-refractivity contribution < 1.29 is 27.4 Å². The average molecular weight is 441 g/mol. The number of nitrogens with zero attached hydrogens (tertiary/aromatic N) is 4. The topological polar surface area (TPSA) is 84.6 Å². The van der Waals surface area contributed by atoms with Gasteiger partial charge in [0.1, 0.15) is 23.7 Å². The van der Waals surface area contributed by atoms with E-state index in [2.05, 4.69) is 25.1 Å². The van der Waals surface area contributed by atoms with Crippen LogP contribution in [0.3, 0.4) is 0 Å². The van der Waals surface area contributed by atoms with E-state index in [0.717, 1.165) is 12.1 Å². The van der Waals surface area contributed by atoms with Crippen molar-refractivity contribution in [3.8, 4) is 5.75 Å². The first-order valence-corrected chi connectivity index (χ1v) is 9.40. The molecule has 0 spiro atoms. The number of hydrogen-bond donors (Lipinski definition) is 2. The Balaban J connectivity index is 2.06. The van der Waals surface area contributed by atoms with Crippen LogP contribution in [0.4, 0.5) is 23.4 Å². The Kier molecular flexibility index (Phi) is 5.59. The van der Waals surface area contributed by atoms with Crippen LogP contribution in [0.5, 0.6) is 5.75 Å². The van der Waals surface area contributed by atoms with Crippen LogP contribution >= 0.6 is 0 Å². The fourth-order valence-corrected chi connectivity index (χ4v) is 3.02. The van der Waals surface area contributed by atoms with Crippen LogP contribution in [0.1, 0.15) is 51.9 Å². The van der Waals surface area contributed by atoms with Gasteiger partial charge in [-0.05, 0) is 19.9 Å². The average Bonchev–Trinajstić information content (AvgIpc) is 3.06. The summed E-state index contributed by atoms with van der Waals surface area (Å²) in [7, 11) is 0. The minimum absolute atomic E-state index is 0.0515. The normalized spacial score (nSPS) is 14.0. The molecule has 2 N–H and O–H groups in total. The maximum atomic E-state index is 14.8. The van der Waals surface area contributed by atoms with E-state index in [1.807, 2.05) is 20.8 Å². The number of aromatic nitrogens is 4. The highest BCUT2D eigenvalue weighted by Crippen LogP contribution is 2.34. The zero-order chi connectivity index (χ0) is 23.2. The molecule has 3 aromatic rings. The van der Waals surface area contributed by atoms with Crippen molar-refractivity contribution in [1.29, 1.82) is 0 Å². The first-order valence-electron chi connectivity index (χ1n) is 9.40. The van der Waals surface area contributed by atoms with Gasteiger partial charge in [0, 0.05) is 23.1 Å². The van der Waals surface area contributed by atoms with Crippen molar-refractivity contribution in [2.75, 3.05) is 5.32 Å². The minimum Gasteiger partial charge on any atom is -0.406 e. The number of nitrogens with one attached hydrogen (secondary N) is 1. The van der Waals surface area contributed by atoms with Gasteiger partial charge in [0.2, 0.25) is 0 Å². The third kappa shape index (κ3) is 5.22. The third-order valence-corrected chi connectivity index (χ3v) is 4.54. The van der Waals surface area contributed by atoms with Crippen molar-refractivity contribution in [2.45, 2.75) is 58.0 Å². The van der Waals surface area contributed by atoms with Crippen LogP contribution in [0.2, 0.25) is 0 Å². The van der Waals surface area contributed by atoms with Crippen molar-refractivity contribution >= 4 is 11.6 Å². The predicted octanol–water partition coefficient (Wildman–Crippen LogP) is 4.38. The lowest BCUT2D eigenvalue weighted by Crippen LogP contribution is -2.35. The molecule has 2 heterocycles. The summed E-state index contributed by atoms with van der Waals surface area (Å²) in [5, 5.41) is 17.9. The highest BCUT2D eigenvalue weighted by atomic mass is 19.4. The lowest BCUT2D eigenvalue weighted by molar-refractivity contribution is -0.274. The predicted molar refractivity (Wildman–Crippen MR) is 105 cm³/mol. The summed E-state index contributed by atoms with van der Waals surface area (Å²) in [4.78, 5) is 8.56. The van der Waals surface area contributed by atoms with Crippen LogP contribution in [-0.2, 0) is 5.41 Å². The SMILES string of the molecule is CC(C)(C)c1cc(N[C@H](c2ccc(OC(F)(F)F)cc2F)C(C)(C)O)n2ncnc2n1. The van der Waals surface area contributed by atoms with Gasteiger partial charge in [-0.25, -0.2) is 9.37 Å². The molecule has 11 heteroatoms. The Morgan fingerprint density at radius 1 is 1.10 bits per heavy atom. The second kappa shape index (κ2) is 7.63. The second-order valence-electron chi connectivity index (χ2n) is 8.71. The molecule has 0 unspecified atom stereocenters. The molecule has 0 bridgehead atoms. The highest BCUT2D eigenvalue weighted by molar-refractivity contribution is 5.49. The standard InChI is InChI=1S/C20H23F4N5O2/c1-18(2,3)14-9-15(29-17(27-14)25-10-26-29)28-16(19(4,5)30)12-7-6-11(8-13(12)21)31-20(22,23)24/h6-10,16,28,30H,1-5H3/t16-/m1/s1.